The molecule has 118 valence electrons. The highest BCUT2D eigenvalue weighted by molar-refractivity contribution is 5.79. The molecule has 1 aliphatic rings. The Bertz CT molecular complexity index is 654. The van der Waals surface area contributed by atoms with Gasteiger partial charge in [-0.25, -0.2) is 0 Å². The third kappa shape index (κ3) is 2.91. The van der Waals surface area contributed by atoms with E-state index in [2.05, 4.69) is 10.3 Å². The molecule has 2 aromatic heterocycles. The van der Waals surface area contributed by atoms with Crippen molar-refractivity contribution in [2.24, 2.45) is 7.05 Å². The number of hydrogen-bond acceptors (Lipinski definition) is 4. The van der Waals surface area contributed by atoms with Crippen LogP contribution in [-0.2, 0) is 18.3 Å². The molecule has 0 aromatic carbocycles. The van der Waals surface area contributed by atoms with Crippen molar-refractivity contribution in [1.29, 1.82) is 0 Å². The molecule has 1 saturated heterocycles. The van der Waals surface area contributed by atoms with Gasteiger partial charge in [-0.2, -0.15) is 5.10 Å². The maximum absolute atomic E-state index is 12.6. The molecule has 2 aromatic rings. The summed E-state index contributed by atoms with van der Waals surface area (Å²) in [7, 11) is 1.92. The Morgan fingerprint density at radius 1 is 1.45 bits per heavy atom. The Labute approximate surface area is 130 Å². The lowest BCUT2D eigenvalue weighted by Crippen LogP contribution is -2.40. The number of aromatic nitrogens is 3. The number of nitrogens with zero attached hydrogens (tertiary/aromatic N) is 4. The van der Waals surface area contributed by atoms with Gasteiger partial charge in [0.05, 0.1) is 17.8 Å². The van der Waals surface area contributed by atoms with Gasteiger partial charge in [0.1, 0.15) is 5.76 Å². The van der Waals surface area contributed by atoms with Crippen LogP contribution < -0.4 is 0 Å². The van der Waals surface area contributed by atoms with Crippen LogP contribution in [0.15, 0.2) is 16.8 Å². The molecule has 1 amide bonds. The van der Waals surface area contributed by atoms with Crippen LogP contribution in [0.5, 0.6) is 0 Å². The summed E-state index contributed by atoms with van der Waals surface area (Å²) in [6.07, 6.45) is 4.44. The second-order valence-electron chi connectivity index (χ2n) is 6.07. The van der Waals surface area contributed by atoms with Crippen LogP contribution in [0.4, 0.5) is 0 Å². The lowest BCUT2D eigenvalue weighted by atomic mass is 9.94. The molecule has 0 saturated carbocycles. The summed E-state index contributed by atoms with van der Waals surface area (Å²) in [4.78, 5) is 14.5. The Morgan fingerprint density at radius 3 is 2.91 bits per heavy atom. The lowest BCUT2D eigenvalue weighted by molar-refractivity contribution is -0.131. The lowest BCUT2D eigenvalue weighted by Gasteiger charge is -2.32. The smallest absolute Gasteiger partial charge is 0.227 e. The molecule has 22 heavy (non-hydrogen) atoms. The Balaban J connectivity index is 1.68. The number of piperidine rings is 1. The van der Waals surface area contributed by atoms with Crippen molar-refractivity contribution in [3.63, 3.8) is 0 Å². The summed E-state index contributed by atoms with van der Waals surface area (Å²) >= 11 is 0. The number of hydrogen-bond donors (Lipinski definition) is 0. The molecule has 1 fully saturated rings. The fraction of sp³-hybridized carbons (Fsp3) is 0.562. The molecule has 1 atom stereocenters. The summed E-state index contributed by atoms with van der Waals surface area (Å²) in [6.45, 7) is 5.31. The third-order valence-corrected chi connectivity index (χ3v) is 4.44. The highest BCUT2D eigenvalue weighted by atomic mass is 16.5. The maximum atomic E-state index is 12.6. The van der Waals surface area contributed by atoms with Crippen molar-refractivity contribution in [3.05, 3.63) is 35.0 Å². The number of amides is 1. The van der Waals surface area contributed by atoms with E-state index < -0.39 is 0 Å². The third-order valence-electron chi connectivity index (χ3n) is 4.44. The van der Waals surface area contributed by atoms with Crippen LogP contribution in [-0.4, -0.2) is 38.8 Å². The standard InChI is InChI=1S/C16H22N4O2/c1-11-14(12(2)22-18-11)9-16(21)20-7-4-5-13(10-20)15-6-8-19(3)17-15/h6,8,13H,4-5,7,9-10H2,1-3H3/t13-/m0/s1. The largest absolute Gasteiger partial charge is 0.361 e. The normalized spacial score (nSPS) is 18.7. The molecule has 6 heteroatoms. The highest BCUT2D eigenvalue weighted by Crippen LogP contribution is 2.26. The second-order valence-corrected chi connectivity index (χ2v) is 6.07. The molecular formula is C16H22N4O2. The van der Waals surface area contributed by atoms with Gasteiger partial charge in [-0.3, -0.25) is 9.48 Å². The molecule has 0 aliphatic carbocycles. The topological polar surface area (TPSA) is 64.2 Å². The van der Waals surface area contributed by atoms with Gasteiger partial charge in [0.2, 0.25) is 5.91 Å². The zero-order valence-corrected chi connectivity index (χ0v) is 13.4. The van der Waals surface area contributed by atoms with Crippen LogP contribution in [0, 0.1) is 13.8 Å². The number of aryl methyl sites for hydroxylation is 3. The minimum Gasteiger partial charge on any atom is -0.361 e. The van der Waals surface area contributed by atoms with E-state index in [1.165, 1.54) is 0 Å². The van der Waals surface area contributed by atoms with Crippen LogP contribution in [0.2, 0.25) is 0 Å². The predicted octanol–water partition coefficient (Wildman–Crippen LogP) is 1.97. The zero-order valence-electron chi connectivity index (χ0n) is 13.4. The van der Waals surface area contributed by atoms with E-state index in [4.69, 9.17) is 4.52 Å². The predicted molar refractivity (Wildman–Crippen MR) is 81.4 cm³/mol. The van der Waals surface area contributed by atoms with Crippen molar-refractivity contribution < 1.29 is 9.32 Å². The molecule has 3 heterocycles. The molecule has 0 N–H and O–H groups in total. The van der Waals surface area contributed by atoms with E-state index in [1.54, 1.807) is 0 Å². The van der Waals surface area contributed by atoms with Gasteiger partial charge in [0.25, 0.3) is 0 Å². The number of carbonyl (C=O) groups excluding carboxylic acids is 1. The van der Waals surface area contributed by atoms with Crippen molar-refractivity contribution >= 4 is 5.91 Å². The quantitative estimate of drug-likeness (QED) is 0.869. The number of rotatable bonds is 3. The average molecular weight is 302 g/mol. The fourth-order valence-electron chi connectivity index (χ4n) is 3.11. The molecule has 0 radical (unpaired) electrons. The van der Waals surface area contributed by atoms with Crippen LogP contribution in [0.25, 0.3) is 0 Å². The highest BCUT2D eigenvalue weighted by Gasteiger charge is 2.27. The molecular weight excluding hydrogens is 280 g/mol. The summed E-state index contributed by atoms with van der Waals surface area (Å²) in [6, 6.07) is 2.05. The van der Waals surface area contributed by atoms with Crippen molar-refractivity contribution in [2.75, 3.05) is 13.1 Å². The van der Waals surface area contributed by atoms with Crippen LogP contribution in [0.3, 0.4) is 0 Å². The minimum atomic E-state index is 0.148. The van der Waals surface area contributed by atoms with Gasteiger partial charge in [0.15, 0.2) is 0 Å². The number of likely N-dealkylation sites (tertiary alicyclic amines) is 1. The summed E-state index contributed by atoms with van der Waals surface area (Å²) in [5.74, 6) is 1.22. The summed E-state index contributed by atoms with van der Waals surface area (Å²) in [5.41, 5.74) is 2.81. The van der Waals surface area contributed by atoms with Gasteiger partial charge in [0, 0.05) is 37.8 Å². The molecule has 3 rings (SSSR count). The van der Waals surface area contributed by atoms with E-state index in [1.807, 2.05) is 42.7 Å². The van der Waals surface area contributed by atoms with Crippen molar-refractivity contribution in [3.8, 4) is 0 Å². The van der Waals surface area contributed by atoms with Crippen LogP contribution >= 0.6 is 0 Å². The zero-order chi connectivity index (χ0) is 15.7. The average Bonchev–Trinajstić information content (AvgIpc) is 3.08. The number of carbonyl (C=O) groups is 1. The van der Waals surface area contributed by atoms with E-state index in [0.29, 0.717) is 12.3 Å². The second kappa shape index (κ2) is 5.94. The van der Waals surface area contributed by atoms with Crippen LogP contribution in [0.1, 0.15) is 41.5 Å². The van der Waals surface area contributed by atoms with E-state index in [-0.39, 0.29) is 5.91 Å². The van der Waals surface area contributed by atoms with E-state index in [0.717, 1.165) is 48.6 Å². The molecule has 1 aliphatic heterocycles. The maximum Gasteiger partial charge on any atom is 0.227 e. The molecule has 0 unspecified atom stereocenters. The first-order valence-corrected chi connectivity index (χ1v) is 7.73. The Kier molecular flexibility index (Phi) is 4.00. The van der Waals surface area contributed by atoms with E-state index >= 15 is 0 Å². The molecule has 6 nitrogen and oxygen atoms in total. The molecule has 0 spiro atoms. The van der Waals surface area contributed by atoms with Gasteiger partial charge < -0.3 is 9.42 Å². The van der Waals surface area contributed by atoms with Gasteiger partial charge in [-0.05, 0) is 32.8 Å². The molecule has 0 bridgehead atoms. The first kappa shape index (κ1) is 14.8. The summed E-state index contributed by atoms with van der Waals surface area (Å²) in [5, 5.41) is 8.41. The van der Waals surface area contributed by atoms with Crippen molar-refractivity contribution in [1.82, 2.24) is 19.8 Å². The fourth-order valence-corrected chi connectivity index (χ4v) is 3.11. The Morgan fingerprint density at radius 2 is 2.27 bits per heavy atom. The van der Waals surface area contributed by atoms with Gasteiger partial charge in [-0.15, -0.1) is 0 Å². The van der Waals surface area contributed by atoms with Gasteiger partial charge in [-0.1, -0.05) is 5.16 Å². The SMILES string of the molecule is Cc1noc(C)c1CC(=O)N1CCC[C@H](c2ccn(C)n2)C1. The minimum absolute atomic E-state index is 0.148. The van der Waals surface area contributed by atoms with Crippen molar-refractivity contribution in [2.45, 2.75) is 39.0 Å². The Hall–Kier alpha value is -2.11. The monoisotopic (exact) mass is 302 g/mol. The first-order chi connectivity index (χ1) is 10.5. The summed E-state index contributed by atoms with van der Waals surface area (Å²) < 4.78 is 6.96. The van der Waals surface area contributed by atoms with Gasteiger partial charge >= 0.3 is 0 Å². The first-order valence-electron chi connectivity index (χ1n) is 7.73. The van der Waals surface area contributed by atoms with E-state index in [9.17, 15) is 4.79 Å².